The molecule has 2 N–H and O–H groups in total. The van der Waals surface area contributed by atoms with Crippen molar-refractivity contribution < 1.29 is 5.11 Å². The van der Waals surface area contributed by atoms with E-state index in [4.69, 9.17) is 5.11 Å². The third-order valence-electron chi connectivity index (χ3n) is 1.61. The number of rotatable bonds is 3. The molecule has 0 unspecified atom stereocenters. The van der Waals surface area contributed by atoms with Gasteiger partial charge in [0, 0.05) is 6.07 Å². The molecule has 1 aromatic carbocycles. The second-order valence-corrected chi connectivity index (χ2v) is 3.42. The Hall–Kier alpha value is -1.16. The summed E-state index contributed by atoms with van der Waals surface area (Å²) in [6.07, 6.45) is 0. The smallest absolute Gasteiger partial charge is 0.248 e. The molecule has 0 aliphatic rings. The van der Waals surface area contributed by atoms with Crippen LogP contribution in [0.1, 0.15) is 13.8 Å². The van der Waals surface area contributed by atoms with Crippen molar-refractivity contribution in [1.82, 2.24) is 0 Å². The Morgan fingerprint density at radius 1 is 1.50 bits per heavy atom. The lowest BCUT2D eigenvalue weighted by atomic mass is 10.1. The number of aliphatic hydroxyl groups is 1. The van der Waals surface area contributed by atoms with Crippen molar-refractivity contribution in [3.8, 4) is 0 Å². The summed E-state index contributed by atoms with van der Waals surface area (Å²) in [5.74, 6) is 0. The molecular weight excluding hydrogens is 158 g/mol. The molecule has 0 aromatic heterocycles. The van der Waals surface area contributed by atoms with Gasteiger partial charge in [0.2, 0.25) is 10.9 Å². The van der Waals surface area contributed by atoms with Crippen LogP contribution in [0.4, 0.5) is 5.69 Å². The first-order chi connectivity index (χ1) is 5.46. The number of hydrogen-bond acceptors (Lipinski definition) is 4. The van der Waals surface area contributed by atoms with E-state index in [-0.39, 0.29) is 6.61 Å². The van der Waals surface area contributed by atoms with Gasteiger partial charge in [0.15, 0.2) is 0 Å². The van der Waals surface area contributed by atoms with Gasteiger partial charge in [-0.2, -0.15) is 0 Å². The van der Waals surface area contributed by atoms with Crippen molar-refractivity contribution in [1.29, 1.82) is 0 Å². The van der Waals surface area contributed by atoms with E-state index in [0.717, 1.165) is 0 Å². The lowest BCUT2D eigenvalue weighted by Gasteiger charge is -2.24. The summed E-state index contributed by atoms with van der Waals surface area (Å²) in [4.78, 5) is 21.3. The average molecular weight is 169 g/mol. The minimum atomic E-state index is -0.553. The van der Waals surface area contributed by atoms with Crippen LogP contribution in [0.25, 0.3) is 0 Å². The number of aliphatic hydroxyl groups excluding tert-OH is 1. The Morgan fingerprint density at radius 2 is 2.08 bits per heavy atom. The minimum absolute atomic E-state index is 0.0915. The molecule has 1 rings (SSSR count). The summed E-state index contributed by atoms with van der Waals surface area (Å²) in [5.41, 5.74) is -1.25. The largest absolute Gasteiger partial charge is 0.394 e. The first kappa shape index (κ1) is 8.93. The van der Waals surface area contributed by atoms with Gasteiger partial charge in [-0.25, -0.2) is 0 Å². The third-order valence-corrected chi connectivity index (χ3v) is 1.61. The Morgan fingerprint density at radius 3 is 2.42 bits per heavy atom. The van der Waals surface area contributed by atoms with Gasteiger partial charge in [-0.3, -0.25) is 9.59 Å². The molecule has 0 saturated carbocycles. The van der Waals surface area contributed by atoms with Crippen molar-refractivity contribution >= 4 is 5.69 Å². The Kier molecular flexibility index (Phi) is 2.02. The average Bonchev–Trinajstić information content (AvgIpc) is 2.03. The molecule has 66 valence electrons. The second kappa shape index (κ2) is 2.71. The van der Waals surface area contributed by atoms with Crippen LogP contribution in [-0.2, 0) is 0 Å². The first-order valence-electron chi connectivity index (χ1n) is 3.66. The monoisotopic (exact) mass is 169 g/mol. The standard InChI is InChI=1S/C8H11NO3/c1-8(2,4-10)9-5-3-6(11)7(5)12/h3,9-10H,4H2,1-2H3. The summed E-state index contributed by atoms with van der Waals surface area (Å²) in [7, 11) is 0. The van der Waals surface area contributed by atoms with Crippen LogP contribution >= 0.6 is 0 Å². The maximum atomic E-state index is 10.8. The first-order valence-corrected chi connectivity index (χ1v) is 3.66. The van der Waals surface area contributed by atoms with Crippen molar-refractivity contribution in [2.24, 2.45) is 0 Å². The van der Waals surface area contributed by atoms with E-state index in [1.807, 2.05) is 0 Å². The highest BCUT2D eigenvalue weighted by atomic mass is 16.3. The lowest BCUT2D eigenvalue weighted by molar-refractivity contribution is 0.234. The van der Waals surface area contributed by atoms with E-state index in [2.05, 4.69) is 5.32 Å². The van der Waals surface area contributed by atoms with Crippen LogP contribution in [0.15, 0.2) is 15.7 Å². The molecule has 0 amide bonds. The van der Waals surface area contributed by atoms with Gasteiger partial charge in [0.25, 0.3) is 0 Å². The molecular formula is C8H11NO3. The van der Waals surface area contributed by atoms with Crippen LogP contribution in [0.2, 0.25) is 0 Å². The highest BCUT2D eigenvalue weighted by Crippen LogP contribution is 2.08. The Balaban J connectivity index is 2.74. The lowest BCUT2D eigenvalue weighted by Crippen LogP contribution is -2.42. The number of nitrogens with one attached hydrogen (secondary N) is 1. The molecule has 4 heteroatoms. The zero-order valence-electron chi connectivity index (χ0n) is 7.05. The molecule has 1 aromatic rings. The quantitative estimate of drug-likeness (QED) is 0.597. The Labute approximate surface area is 69.5 Å². The van der Waals surface area contributed by atoms with E-state index in [1.165, 1.54) is 6.07 Å². The maximum Gasteiger partial charge on any atom is 0.248 e. The van der Waals surface area contributed by atoms with Gasteiger partial charge in [0.05, 0.1) is 17.8 Å². The van der Waals surface area contributed by atoms with E-state index in [0.29, 0.717) is 5.69 Å². The van der Waals surface area contributed by atoms with E-state index < -0.39 is 16.4 Å². The fourth-order valence-electron chi connectivity index (χ4n) is 0.814. The normalized spacial score (nSPS) is 11.9. The number of anilines is 1. The fraction of sp³-hybridized carbons (Fsp3) is 0.500. The summed E-state index contributed by atoms with van der Waals surface area (Å²) >= 11 is 0. The van der Waals surface area contributed by atoms with Crippen molar-refractivity contribution in [3.63, 3.8) is 0 Å². The zero-order chi connectivity index (χ0) is 9.35. The topological polar surface area (TPSA) is 66.4 Å². The zero-order valence-corrected chi connectivity index (χ0v) is 7.05. The molecule has 0 aliphatic carbocycles. The molecule has 0 fully saturated rings. The van der Waals surface area contributed by atoms with E-state index in [1.54, 1.807) is 13.8 Å². The summed E-state index contributed by atoms with van der Waals surface area (Å²) in [6.45, 7) is 3.39. The Bertz CT molecular complexity index is 347. The van der Waals surface area contributed by atoms with Gasteiger partial charge in [-0.05, 0) is 13.8 Å². The third kappa shape index (κ3) is 1.53. The van der Waals surface area contributed by atoms with E-state index in [9.17, 15) is 9.59 Å². The molecule has 4 nitrogen and oxygen atoms in total. The molecule has 0 atom stereocenters. The summed E-state index contributed by atoms with van der Waals surface area (Å²) in [5, 5.41) is 11.6. The van der Waals surface area contributed by atoms with Gasteiger partial charge in [-0.1, -0.05) is 0 Å². The number of hydrogen-bond donors (Lipinski definition) is 2. The minimum Gasteiger partial charge on any atom is -0.394 e. The van der Waals surface area contributed by atoms with Crippen LogP contribution in [-0.4, -0.2) is 17.3 Å². The summed E-state index contributed by atoms with van der Waals surface area (Å²) in [6, 6.07) is 1.24. The van der Waals surface area contributed by atoms with E-state index >= 15 is 0 Å². The molecule has 0 heterocycles. The SMILES string of the molecule is CC(C)(CO)Nc1cc(=O)c1=O. The predicted octanol–water partition coefficient (Wildman–Crippen LogP) is -0.535. The molecule has 0 bridgehead atoms. The van der Waals surface area contributed by atoms with Gasteiger partial charge in [-0.15, -0.1) is 0 Å². The van der Waals surface area contributed by atoms with Gasteiger partial charge < -0.3 is 10.4 Å². The van der Waals surface area contributed by atoms with Crippen molar-refractivity contribution in [3.05, 3.63) is 26.5 Å². The van der Waals surface area contributed by atoms with Gasteiger partial charge >= 0.3 is 0 Å². The molecule has 12 heavy (non-hydrogen) atoms. The molecule has 0 radical (unpaired) electrons. The van der Waals surface area contributed by atoms with Crippen LogP contribution in [0, 0.1) is 0 Å². The van der Waals surface area contributed by atoms with Gasteiger partial charge in [0.1, 0.15) is 0 Å². The van der Waals surface area contributed by atoms with Crippen LogP contribution < -0.4 is 16.2 Å². The van der Waals surface area contributed by atoms with Crippen molar-refractivity contribution in [2.45, 2.75) is 19.4 Å². The molecule has 0 saturated heterocycles. The molecule has 0 spiro atoms. The highest BCUT2D eigenvalue weighted by molar-refractivity contribution is 5.49. The predicted molar refractivity (Wildman–Crippen MR) is 46.1 cm³/mol. The van der Waals surface area contributed by atoms with Crippen LogP contribution in [0.3, 0.4) is 0 Å². The van der Waals surface area contributed by atoms with Crippen molar-refractivity contribution in [2.75, 3.05) is 11.9 Å². The highest BCUT2D eigenvalue weighted by Gasteiger charge is 2.19. The summed E-state index contributed by atoms with van der Waals surface area (Å²) < 4.78 is 0. The molecule has 0 aliphatic heterocycles. The van der Waals surface area contributed by atoms with Crippen LogP contribution in [0.5, 0.6) is 0 Å². The second-order valence-electron chi connectivity index (χ2n) is 3.42. The maximum absolute atomic E-state index is 10.8. The fourth-order valence-corrected chi connectivity index (χ4v) is 0.814.